The summed E-state index contributed by atoms with van der Waals surface area (Å²) in [7, 11) is 0. The molecule has 1 aliphatic rings. The zero-order valence-corrected chi connectivity index (χ0v) is 6.96. The van der Waals surface area contributed by atoms with E-state index in [0.717, 1.165) is 25.6 Å². The maximum atomic E-state index is 5.35. The minimum Gasteiger partial charge on any atom is -0.381 e. The van der Waals surface area contributed by atoms with Crippen molar-refractivity contribution >= 4 is 0 Å². The van der Waals surface area contributed by atoms with Crippen molar-refractivity contribution in [2.45, 2.75) is 19.3 Å². The Kier molecular flexibility index (Phi) is 4.24. The van der Waals surface area contributed by atoms with Crippen LogP contribution in [0.25, 0.3) is 0 Å². The van der Waals surface area contributed by atoms with Crippen LogP contribution in [0.1, 0.15) is 19.3 Å². The maximum Gasteiger partial charge on any atom is 0.0497 e. The van der Waals surface area contributed by atoms with Gasteiger partial charge in [-0.25, -0.2) is 0 Å². The Morgan fingerprint density at radius 2 is 2.36 bits per heavy atom. The van der Waals surface area contributed by atoms with Gasteiger partial charge in [0, 0.05) is 19.8 Å². The highest BCUT2D eigenvalue weighted by atomic mass is 16.5. The predicted molar refractivity (Wildman–Crippen MR) is 46.4 cm³/mol. The van der Waals surface area contributed by atoms with Crippen molar-refractivity contribution in [3.63, 3.8) is 0 Å². The van der Waals surface area contributed by atoms with E-state index in [1.807, 2.05) is 6.08 Å². The highest BCUT2D eigenvalue weighted by Gasteiger charge is 2.11. The molecule has 0 saturated carbocycles. The van der Waals surface area contributed by atoms with Gasteiger partial charge >= 0.3 is 0 Å². The first-order valence-corrected chi connectivity index (χ1v) is 4.36. The van der Waals surface area contributed by atoms with Gasteiger partial charge in [0.1, 0.15) is 0 Å². The van der Waals surface area contributed by atoms with Gasteiger partial charge in [-0.1, -0.05) is 12.2 Å². The molecule has 1 rings (SSSR count). The van der Waals surface area contributed by atoms with E-state index in [2.05, 4.69) is 6.08 Å². The van der Waals surface area contributed by atoms with Crippen molar-refractivity contribution in [2.75, 3.05) is 19.8 Å². The molecule has 1 atom stereocenters. The van der Waals surface area contributed by atoms with Crippen LogP contribution in [0, 0.1) is 5.92 Å². The summed E-state index contributed by atoms with van der Waals surface area (Å²) < 4.78 is 5.35. The molecule has 2 N–H and O–H groups in total. The van der Waals surface area contributed by atoms with Crippen LogP contribution in [-0.2, 0) is 4.74 Å². The first-order valence-electron chi connectivity index (χ1n) is 4.36. The van der Waals surface area contributed by atoms with Gasteiger partial charge in [0.15, 0.2) is 0 Å². The second kappa shape index (κ2) is 5.33. The van der Waals surface area contributed by atoms with Crippen LogP contribution in [0.4, 0.5) is 0 Å². The molecular formula is C9H17NO. The molecule has 2 heteroatoms. The van der Waals surface area contributed by atoms with Crippen molar-refractivity contribution in [3.8, 4) is 0 Å². The summed E-state index contributed by atoms with van der Waals surface area (Å²) >= 11 is 0. The van der Waals surface area contributed by atoms with Crippen molar-refractivity contribution in [1.82, 2.24) is 0 Å². The normalized spacial score (nSPS) is 26.1. The van der Waals surface area contributed by atoms with Crippen LogP contribution in [0.3, 0.4) is 0 Å². The van der Waals surface area contributed by atoms with Gasteiger partial charge in [-0.2, -0.15) is 0 Å². The molecule has 0 bridgehead atoms. The third-order valence-corrected chi connectivity index (χ3v) is 2.03. The Hall–Kier alpha value is -0.340. The van der Waals surface area contributed by atoms with E-state index in [4.69, 9.17) is 10.5 Å². The number of hydrogen-bond acceptors (Lipinski definition) is 2. The molecule has 1 heterocycles. The molecule has 0 aromatic rings. The average Bonchev–Trinajstić information content (AvgIpc) is 2.07. The summed E-state index contributed by atoms with van der Waals surface area (Å²) in [5.41, 5.74) is 5.33. The van der Waals surface area contributed by atoms with Crippen LogP contribution >= 0.6 is 0 Å². The summed E-state index contributed by atoms with van der Waals surface area (Å²) in [6, 6.07) is 0. The third-order valence-electron chi connectivity index (χ3n) is 2.03. The number of nitrogens with two attached hydrogens (primary N) is 1. The minimum atomic E-state index is 0.660. The molecule has 64 valence electrons. The molecule has 11 heavy (non-hydrogen) atoms. The largest absolute Gasteiger partial charge is 0.381 e. The lowest BCUT2D eigenvalue weighted by molar-refractivity contribution is 0.0560. The fourth-order valence-corrected chi connectivity index (χ4v) is 1.38. The minimum absolute atomic E-state index is 0.660. The van der Waals surface area contributed by atoms with Gasteiger partial charge in [-0.3, -0.25) is 0 Å². The van der Waals surface area contributed by atoms with Crippen molar-refractivity contribution in [3.05, 3.63) is 12.2 Å². The Morgan fingerprint density at radius 1 is 1.45 bits per heavy atom. The molecule has 1 aliphatic heterocycles. The molecule has 0 aromatic heterocycles. The summed E-state index contributed by atoms with van der Waals surface area (Å²) in [5, 5.41) is 0. The molecule has 0 aromatic carbocycles. The van der Waals surface area contributed by atoms with E-state index in [1.54, 1.807) is 0 Å². The molecule has 1 unspecified atom stereocenters. The van der Waals surface area contributed by atoms with Gasteiger partial charge in [0.25, 0.3) is 0 Å². The number of rotatable bonds is 3. The van der Waals surface area contributed by atoms with Gasteiger partial charge in [0.2, 0.25) is 0 Å². The standard InChI is InChI=1S/C9H17NO/c10-6-2-1-4-9-5-3-7-11-8-9/h1-2,9H,3-8,10H2/b2-1-. The molecular weight excluding hydrogens is 138 g/mol. The number of allylic oxidation sites excluding steroid dienone is 1. The zero-order valence-electron chi connectivity index (χ0n) is 6.96. The SMILES string of the molecule is NC/C=C\CC1CCCOC1. The van der Waals surface area contributed by atoms with E-state index >= 15 is 0 Å². The van der Waals surface area contributed by atoms with Gasteiger partial charge in [-0.15, -0.1) is 0 Å². The molecule has 0 amide bonds. The van der Waals surface area contributed by atoms with Crippen LogP contribution in [0.5, 0.6) is 0 Å². The topological polar surface area (TPSA) is 35.2 Å². The lowest BCUT2D eigenvalue weighted by atomic mass is 9.98. The fourth-order valence-electron chi connectivity index (χ4n) is 1.38. The predicted octanol–water partition coefficient (Wildman–Crippen LogP) is 1.32. The number of ether oxygens (including phenoxy) is 1. The van der Waals surface area contributed by atoms with Crippen LogP contribution < -0.4 is 5.73 Å². The lowest BCUT2D eigenvalue weighted by Gasteiger charge is -2.20. The Labute approximate surface area is 68.4 Å². The van der Waals surface area contributed by atoms with Crippen molar-refractivity contribution in [2.24, 2.45) is 11.7 Å². The zero-order chi connectivity index (χ0) is 7.94. The van der Waals surface area contributed by atoms with E-state index in [1.165, 1.54) is 12.8 Å². The third kappa shape index (κ3) is 3.54. The molecule has 0 radical (unpaired) electrons. The Bertz CT molecular complexity index is 117. The highest BCUT2D eigenvalue weighted by Crippen LogP contribution is 2.16. The number of hydrogen-bond donors (Lipinski definition) is 1. The Balaban J connectivity index is 2.09. The molecule has 1 fully saturated rings. The summed E-state index contributed by atoms with van der Waals surface area (Å²) in [6.07, 6.45) is 7.86. The van der Waals surface area contributed by atoms with Crippen LogP contribution in [0.15, 0.2) is 12.2 Å². The summed E-state index contributed by atoms with van der Waals surface area (Å²) in [4.78, 5) is 0. The van der Waals surface area contributed by atoms with E-state index in [0.29, 0.717) is 6.54 Å². The molecule has 2 nitrogen and oxygen atoms in total. The summed E-state index contributed by atoms with van der Waals surface area (Å²) in [6.45, 7) is 2.56. The van der Waals surface area contributed by atoms with Gasteiger partial charge in [0.05, 0.1) is 0 Å². The second-order valence-corrected chi connectivity index (χ2v) is 3.03. The van der Waals surface area contributed by atoms with Gasteiger partial charge < -0.3 is 10.5 Å². The first-order chi connectivity index (χ1) is 5.43. The highest BCUT2D eigenvalue weighted by molar-refractivity contribution is 4.85. The van der Waals surface area contributed by atoms with E-state index in [-0.39, 0.29) is 0 Å². The van der Waals surface area contributed by atoms with Crippen LogP contribution in [0.2, 0.25) is 0 Å². The molecule has 0 aliphatic carbocycles. The maximum absolute atomic E-state index is 5.35. The van der Waals surface area contributed by atoms with Crippen molar-refractivity contribution in [1.29, 1.82) is 0 Å². The Morgan fingerprint density at radius 3 is 3.00 bits per heavy atom. The van der Waals surface area contributed by atoms with Crippen LogP contribution in [-0.4, -0.2) is 19.8 Å². The summed E-state index contributed by atoms with van der Waals surface area (Å²) in [5.74, 6) is 0.742. The lowest BCUT2D eigenvalue weighted by Crippen LogP contribution is -2.16. The van der Waals surface area contributed by atoms with E-state index in [9.17, 15) is 0 Å². The first kappa shape index (κ1) is 8.75. The monoisotopic (exact) mass is 155 g/mol. The van der Waals surface area contributed by atoms with Crippen molar-refractivity contribution < 1.29 is 4.74 Å². The smallest absolute Gasteiger partial charge is 0.0497 e. The second-order valence-electron chi connectivity index (χ2n) is 3.03. The molecule has 1 saturated heterocycles. The average molecular weight is 155 g/mol. The quantitative estimate of drug-likeness (QED) is 0.624. The molecule has 0 spiro atoms. The van der Waals surface area contributed by atoms with Gasteiger partial charge in [-0.05, 0) is 25.2 Å². The fraction of sp³-hybridized carbons (Fsp3) is 0.778. The van der Waals surface area contributed by atoms with E-state index < -0.39 is 0 Å².